The van der Waals surface area contributed by atoms with Crippen molar-refractivity contribution in [2.24, 2.45) is 5.92 Å². The van der Waals surface area contributed by atoms with Crippen LogP contribution in [0.2, 0.25) is 0 Å². The molecule has 102 valence electrons. The van der Waals surface area contributed by atoms with Gasteiger partial charge in [-0.3, -0.25) is 4.98 Å². The zero-order valence-corrected chi connectivity index (χ0v) is 12.6. The van der Waals surface area contributed by atoms with Crippen LogP contribution in [0.1, 0.15) is 44.9 Å². The molecule has 0 radical (unpaired) electrons. The van der Waals surface area contributed by atoms with Crippen LogP contribution in [0.15, 0.2) is 24.3 Å². The first-order chi connectivity index (χ1) is 9.01. The summed E-state index contributed by atoms with van der Waals surface area (Å²) in [7, 11) is 1.98. The van der Waals surface area contributed by atoms with E-state index in [1.165, 1.54) is 22.3 Å². The maximum absolute atomic E-state index is 4.78. The molecule has 2 heteroatoms. The van der Waals surface area contributed by atoms with E-state index in [0.29, 0.717) is 11.8 Å². The lowest BCUT2D eigenvalue weighted by atomic mass is 9.99. The van der Waals surface area contributed by atoms with Crippen LogP contribution < -0.4 is 5.32 Å². The fraction of sp³-hybridized carbons (Fsp3) is 0.471. The lowest BCUT2D eigenvalue weighted by Crippen LogP contribution is -2.01. The molecule has 0 unspecified atom stereocenters. The number of pyridine rings is 1. The third kappa shape index (κ3) is 3.06. The monoisotopic (exact) mass is 256 g/mol. The van der Waals surface area contributed by atoms with Gasteiger partial charge in [0.1, 0.15) is 0 Å². The largest absolute Gasteiger partial charge is 0.388 e. The lowest BCUT2D eigenvalue weighted by molar-refractivity contribution is 0.637. The molecule has 0 saturated heterocycles. The quantitative estimate of drug-likeness (QED) is 0.864. The van der Waals surface area contributed by atoms with Crippen molar-refractivity contribution in [1.29, 1.82) is 0 Å². The summed E-state index contributed by atoms with van der Waals surface area (Å²) in [6, 6.07) is 8.79. The van der Waals surface area contributed by atoms with E-state index in [4.69, 9.17) is 4.98 Å². The first-order valence-electron chi connectivity index (χ1n) is 7.12. The van der Waals surface area contributed by atoms with Gasteiger partial charge in [0.2, 0.25) is 0 Å². The summed E-state index contributed by atoms with van der Waals surface area (Å²) in [5.74, 6) is 1.18. The summed E-state index contributed by atoms with van der Waals surface area (Å²) in [5.41, 5.74) is 4.81. The van der Waals surface area contributed by atoms with Gasteiger partial charge in [-0.1, -0.05) is 33.8 Å². The van der Waals surface area contributed by atoms with E-state index >= 15 is 0 Å². The smallest absolute Gasteiger partial charge is 0.0726 e. The van der Waals surface area contributed by atoms with Crippen molar-refractivity contribution < 1.29 is 0 Å². The molecular formula is C17H24N2. The molecule has 0 fully saturated rings. The van der Waals surface area contributed by atoms with Gasteiger partial charge in [0.15, 0.2) is 0 Å². The molecule has 2 rings (SSSR count). The predicted octanol–water partition coefficient (Wildman–Crippen LogP) is 4.60. The topological polar surface area (TPSA) is 24.9 Å². The molecule has 0 aliphatic heterocycles. The van der Waals surface area contributed by atoms with E-state index < -0.39 is 0 Å². The maximum Gasteiger partial charge on any atom is 0.0726 e. The Morgan fingerprint density at radius 1 is 1.11 bits per heavy atom. The third-order valence-corrected chi connectivity index (χ3v) is 3.44. The summed E-state index contributed by atoms with van der Waals surface area (Å²) in [5, 5.41) is 4.53. The molecule has 0 atom stereocenters. The van der Waals surface area contributed by atoms with Crippen LogP contribution >= 0.6 is 0 Å². The fourth-order valence-electron chi connectivity index (χ4n) is 2.39. The summed E-state index contributed by atoms with van der Waals surface area (Å²) in [6.45, 7) is 8.90. The number of hydrogen-bond donors (Lipinski definition) is 1. The number of nitrogens with one attached hydrogen (secondary N) is 1. The second-order valence-corrected chi connectivity index (χ2v) is 5.94. The van der Waals surface area contributed by atoms with Gasteiger partial charge in [0, 0.05) is 23.8 Å². The van der Waals surface area contributed by atoms with Crippen LogP contribution in [0.25, 0.3) is 10.9 Å². The maximum atomic E-state index is 4.78. The lowest BCUT2D eigenvalue weighted by Gasteiger charge is -2.13. The number of hydrogen-bond acceptors (Lipinski definition) is 2. The first-order valence-corrected chi connectivity index (χ1v) is 7.12. The molecule has 0 aliphatic carbocycles. The Bertz CT molecular complexity index is 571. The summed E-state index contributed by atoms with van der Waals surface area (Å²) < 4.78 is 0. The third-order valence-electron chi connectivity index (χ3n) is 3.44. The van der Waals surface area contributed by atoms with Crippen LogP contribution in [0.4, 0.5) is 5.69 Å². The summed E-state index contributed by atoms with van der Waals surface area (Å²) >= 11 is 0. The Morgan fingerprint density at radius 3 is 2.42 bits per heavy atom. The van der Waals surface area contributed by atoms with Crippen LogP contribution in [0.5, 0.6) is 0 Å². The number of fused-ring (bicyclic) bond motifs is 1. The Hall–Kier alpha value is -1.57. The number of aromatic nitrogens is 1. The molecular weight excluding hydrogens is 232 g/mol. The second kappa shape index (κ2) is 5.60. The zero-order valence-electron chi connectivity index (χ0n) is 12.6. The van der Waals surface area contributed by atoms with E-state index in [2.05, 4.69) is 57.3 Å². The van der Waals surface area contributed by atoms with Gasteiger partial charge in [-0.25, -0.2) is 0 Å². The molecule has 1 aromatic heterocycles. The van der Waals surface area contributed by atoms with Gasteiger partial charge in [0.25, 0.3) is 0 Å². The molecule has 0 bridgehead atoms. The molecule has 1 heterocycles. The van der Waals surface area contributed by atoms with E-state index in [-0.39, 0.29) is 0 Å². The highest BCUT2D eigenvalue weighted by atomic mass is 14.8. The zero-order chi connectivity index (χ0) is 14.0. The van der Waals surface area contributed by atoms with Crippen molar-refractivity contribution in [3.8, 4) is 0 Å². The summed E-state index contributed by atoms with van der Waals surface area (Å²) in [6.07, 6.45) is 1.02. The average molecular weight is 256 g/mol. The van der Waals surface area contributed by atoms with Crippen LogP contribution in [0, 0.1) is 5.92 Å². The fourth-order valence-corrected chi connectivity index (χ4v) is 2.39. The molecule has 1 N–H and O–H groups in total. The average Bonchev–Trinajstić information content (AvgIpc) is 2.36. The van der Waals surface area contributed by atoms with Gasteiger partial charge in [-0.15, -0.1) is 0 Å². The van der Waals surface area contributed by atoms with E-state index in [0.717, 1.165) is 11.9 Å². The standard InChI is InChI=1S/C17H24N2/c1-11(2)8-14-10-17(18-5)15-9-13(12(3)4)6-7-16(15)19-14/h6-7,9-12H,8H2,1-5H3,(H,18,19). The number of anilines is 1. The molecule has 0 amide bonds. The molecule has 0 saturated carbocycles. The Labute approximate surface area is 116 Å². The van der Waals surface area contributed by atoms with Crippen LogP contribution in [0.3, 0.4) is 0 Å². The normalized spacial score (nSPS) is 11.5. The highest BCUT2D eigenvalue weighted by molar-refractivity contribution is 5.92. The number of rotatable bonds is 4. The second-order valence-electron chi connectivity index (χ2n) is 5.94. The Morgan fingerprint density at radius 2 is 1.84 bits per heavy atom. The van der Waals surface area contributed by atoms with Crippen molar-refractivity contribution in [2.75, 3.05) is 12.4 Å². The van der Waals surface area contributed by atoms with E-state index in [9.17, 15) is 0 Å². The Balaban J connectivity index is 2.56. The van der Waals surface area contributed by atoms with Crippen molar-refractivity contribution in [1.82, 2.24) is 4.98 Å². The molecule has 2 nitrogen and oxygen atoms in total. The van der Waals surface area contributed by atoms with Gasteiger partial charge in [-0.05, 0) is 42.0 Å². The number of benzene rings is 1. The highest BCUT2D eigenvalue weighted by Gasteiger charge is 2.08. The van der Waals surface area contributed by atoms with E-state index in [1.807, 2.05) is 7.05 Å². The van der Waals surface area contributed by atoms with Crippen LogP contribution in [-0.4, -0.2) is 12.0 Å². The minimum Gasteiger partial charge on any atom is -0.388 e. The van der Waals surface area contributed by atoms with Gasteiger partial charge >= 0.3 is 0 Å². The first kappa shape index (κ1) is 13.9. The number of nitrogens with zero attached hydrogens (tertiary/aromatic N) is 1. The molecule has 1 aromatic carbocycles. The SMILES string of the molecule is CNc1cc(CC(C)C)nc2ccc(C(C)C)cc12. The molecule has 0 spiro atoms. The predicted molar refractivity (Wildman–Crippen MR) is 83.9 cm³/mol. The Kier molecular flexibility index (Phi) is 4.08. The van der Waals surface area contributed by atoms with E-state index in [1.54, 1.807) is 0 Å². The van der Waals surface area contributed by atoms with Crippen molar-refractivity contribution in [2.45, 2.75) is 40.0 Å². The van der Waals surface area contributed by atoms with Crippen molar-refractivity contribution in [3.05, 3.63) is 35.5 Å². The van der Waals surface area contributed by atoms with Crippen molar-refractivity contribution >= 4 is 16.6 Å². The molecule has 19 heavy (non-hydrogen) atoms. The molecule has 2 aromatic rings. The minimum atomic E-state index is 0.546. The molecule has 0 aliphatic rings. The highest BCUT2D eigenvalue weighted by Crippen LogP contribution is 2.27. The van der Waals surface area contributed by atoms with Crippen LogP contribution in [-0.2, 0) is 6.42 Å². The minimum absolute atomic E-state index is 0.546. The van der Waals surface area contributed by atoms with Gasteiger partial charge in [-0.2, -0.15) is 0 Å². The van der Waals surface area contributed by atoms with Gasteiger partial charge in [0.05, 0.1) is 5.52 Å². The van der Waals surface area contributed by atoms with Gasteiger partial charge < -0.3 is 5.32 Å². The van der Waals surface area contributed by atoms with Crippen molar-refractivity contribution in [3.63, 3.8) is 0 Å². The summed E-state index contributed by atoms with van der Waals surface area (Å²) in [4.78, 5) is 4.78.